The summed E-state index contributed by atoms with van der Waals surface area (Å²) in [6, 6.07) is 21.8. The number of aromatic hydroxyl groups is 1. The maximum absolute atomic E-state index is 13.1. The number of phenols is 1. The van der Waals surface area contributed by atoms with Crippen molar-refractivity contribution in [3.63, 3.8) is 0 Å². The van der Waals surface area contributed by atoms with Gasteiger partial charge in [0.05, 0.1) is 9.79 Å². The lowest BCUT2D eigenvalue weighted by Crippen LogP contribution is -2.39. The van der Waals surface area contributed by atoms with E-state index in [1.807, 2.05) is 18.2 Å². The summed E-state index contributed by atoms with van der Waals surface area (Å²) < 4.78 is 32.0. The summed E-state index contributed by atoms with van der Waals surface area (Å²) in [5, 5.41) is 12.5. The second kappa shape index (κ2) is 16.7. The van der Waals surface area contributed by atoms with Crippen molar-refractivity contribution >= 4 is 15.7 Å². The lowest BCUT2D eigenvalue weighted by molar-refractivity contribution is -0.128. The molecule has 1 unspecified atom stereocenters. The van der Waals surface area contributed by atoms with Crippen molar-refractivity contribution in [3.8, 4) is 11.5 Å². The molecule has 0 aliphatic heterocycles. The minimum Gasteiger partial charge on any atom is -0.508 e. The Morgan fingerprint density at radius 2 is 1.35 bits per heavy atom. The molecule has 0 aromatic heterocycles. The summed E-state index contributed by atoms with van der Waals surface area (Å²) in [5.41, 5.74) is 1.24. The molecule has 1 atom stereocenters. The van der Waals surface area contributed by atoms with Crippen molar-refractivity contribution < 1.29 is 23.1 Å². The molecule has 0 aliphatic rings. The minimum absolute atomic E-state index is 0.00331. The lowest BCUT2D eigenvalue weighted by atomic mass is 10.1. The molecule has 0 heterocycles. The summed E-state index contributed by atoms with van der Waals surface area (Å²) in [6.07, 6.45) is 11.1. The smallest absolute Gasteiger partial charge is 0.261 e. The Morgan fingerprint density at radius 1 is 0.775 bits per heavy atom. The van der Waals surface area contributed by atoms with E-state index in [4.69, 9.17) is 4.74 Å². The van der Waals surface area contributed by atoms with Gasteiger partial charge in [-0.15, -0.1) is 0 Å². The van der Waals surface area contributed by atoms with Crippen LogP contribution in [0.5, 0.6) is 11.5 Å². The van der Waals surface area contributed by atoms with Gasteiger partial charge < -0.3 is 15.2 Å². The molecular formula is C33H43NO5S. The van der Waals surface area contributed by atoms with Gasteiger partial charge in [0.25, 0.3) is 5.91 Å². The van der Waals surface area contributed by atoms with Crippen LogP contribution in [0.4, 0.5) is 0 Å². The third kappa shape index (κ3) is 10.3. The molecule has 2 N–H and O–H groups in total. The normalized spacial score (nSPS) is 12.1. The van der Waals surface area contributed by atoms with Crippen LogP contribution in [-0.2, 0) is 21.1 Å². The van der Waals surface area contributed by atoms with Gasteiger partial charge in [0.2, 0.25) is 9.84 Å². The van der Waals surface area contributed by atoms with Crippen molar-refractivity contribution in [2.45, 2.75) is 93.4 Å². The van der Waals surface area contributed by atoms with Gasteiger partial charge in [-0.1, -0.05) is 82.2 Å². The Hall–Kier alpha value is -3.32. The van der Waals surface area contributed by atoms with Crippen LogP contribution in [0.3, 0.4) is 0 Å². The van der Waals surface area contributed by atoms with E-state index < -0.39 is 15.9 Å². The molecule has 0 bridgehead atoms. The van der Waals surface area contributed by atoms with E-state index >= 15 is 0 Å². The fourth-order valence-corrected chi connectivity index (χ4v) is 5.85. The highest BCUT2D eigenvalue weighted by Gasteiger charge is 2.21. The van der Waals surface area contributed by atoms with E-state index in [1.165, 1.54) is 74.1 Å². The number of aryl methyl sites for hydroxylation is 1. The first-order valence-corrected chi connectivity index (χ1v) is 16.0. The Labute approximate surface area is 239 Å². The fraction of sp³-hybridized carbons (Fsp3) is 0.424. The first-order chi connectivity index (χ1) is 19.4. The maximum Gasteiger partial charge on any atom is 0.261 e. The van der Waals surface area contributed by atoms with Crippen LogP contribution in [-0.4, -0.2) is 32.1 Å². The third-order valence-electron chi connectivity index (χ3n) is 6.96. The van der Waals surface area contributed by atoms with Gasteiger partial charge in [0, 0.05) is 6.54 Å². The summed E-state index contributed by atoms with van der Waals surface area (Å²) >= 11 is 0. The Bertz CT molecular complexity index is 1240. The Morgan fingerprint density at radius 3 is 1.98 bits per heavy atom. The van der Waals surface area contributed by atoms with Crippen molar-refractivity contribution in [2.75, 3.05) is 6.54 Å². The van der Waals surface area contributed by atoms with Crippen LogP contribution in [0.1, 0.15) is 76.7 Å². The first-order valence-electron chi connectivity index (χ1n) is 14.5. The molecule has 3 rings (SSSR count). The predicted molar refractivity (Wildman–Crippen MR) is 159 cm³/mol. The standard InChI is InChI=1S/C33H43NO5S/c1-2-3-4-5-6-7-8-12-17-32(33(36)34-26-13-16-27-14-10-9-11-15-27)39-29-20-24-31(25-21-29)40(37,38)30-22-18-28(35)19-23-30/h9-11,14-15,18-25,32,35H,2-8,12-13,16-17,26H2,1H3,(H,34,36). The number of phenolic OH excluding ortho intramolecular Hbond substituents is 1. The number of benzene rings is 3. The summed E-state index contributed by atoms with van der Waals surface area (Å²) in [4.78, 5) is 13.3. The fourth-order valence-electron chi connectivity index (χ4n) is 4.59. The number of hydrogen-bond donors (Lipinski definition) is 2. The summed E-state index contributed by atoms with van der Waals surface area (Å²) in [6.45, 7) is 2.78. The summed E-state index contributed by atoms with van der Waals surface area (Å²) in [5.74, 6) is 0.314. The highest BCUT2D eigenvalue weighted by molar-refractivity contribution is 7.91. The van der Waals surface area contributed by atoms with Gasteiger partial charge in [0.1, 0.15) is 11.5 Å². The first kappa shape index (κ1) is 31.2. The Kier molecular flexibility index (Phi) is 13.0. The van der Waals surface area contributed by atoms with Gasteiger partial charge in [-0.05, 0) is 79.8 Å². The molecule has 6 nitrogen and oxygen atoms in total. The molecule has 7 heteroatoms. The summed E-state index contributed by atoms with van der Waals surface area (Å²) in [7, 11) is -3.73. The molecule has 0 fully saturated rings. The molecule has 0 saturated heterocycles. The van der Waals surface area contributed by atoms with Gasteiger partial charge in [-0.25, -0.2) is 8.42 Å². The van der Waals surface area contributed by atoms with Gasteiger partial charge in [0.15, 0.2) is 6.10 Å². The highest BCUT2D eigenvalue weighted by Crippen LogP contribution is 2.25. The van der Waals surface area contributed by atoms with E-state index in [0.717, 1.165) is 32.1 Å². The number of hydrogen-bond acceptors (Lipinski definition) is 5. The molecule has 3 aromatic carbocycles. The topological polar surface area (TPSA) is 92.7 Å². The van der Waals surface area contributed by atoms with Crippen molar-refractivity contribution in [1.82, 2.24) is 5.32 Å². The van der Waals surface area contributed by atoms with E-state index in [9.17, 15) is 18.3 Å². The third-order valence-corrected chi connectivity index (χ3v) is 8.74. The minimum atomic E-state index is -3.73. The number of amides is 1. The van der Waals surface area contributed by atoms with Crippen LogP contribution in [0.25, 0.3) is 0 Å². The molecular weight excluding hydrogens is 522 g/mol. The van der Waals surface area contributed by atoms with Crippen LogP contribution in [0.15, 0.2) is 88.7 Å². The number of unbranched alkanes of at least 4 members (excludes halogenated alkanes) is 7. The van der Waals surface area contributed by atoms with E-state index in [2.05, 4.69) is 24.4 Å². The molecule has 216 valence electrons. The zero-order valence-corrected chi connectivity index (χ0v) is 24.4. The van der Waals surface area contributed by atoms with E-state index in [-0.39, 0.29) is 21.4 Å². The van der Waals surface area contributed by atoms with Crippen molar-refractivity contribution in [2.24, 2.45) is 0 Å². The zero-order chi connectivity index (χ0) is 28.6. The average Bonchev–Trinajstić information content (AvgIpc) is 2.97. The molecule has 0 radical (unpaired) electrons. The van der Waals surface area contributed by atoms with Crippen LogP contribution in [0, 0.1) is 0 Å². The number of carbonyl (C=O) groups is 1. The molecule has 3 aromatic rings. The Balaban J connectivity index is 1.57. The lowest BCUT2D eigenvalue weighted by Gasteiger charge is -2.19. The average molecular weight is 566 g/mol. The van der Waals surface area contributed by atoms with Crippen LogP contribution in [0.2, 0.25) is 0 Å². The number of ether oxygens (including phenoxy) is 1. The zero-order valence-electron chi connectivity index (χ0n) is 23.6. The van der Waals surface area contributed by atoms with E-state index in [0.29, 0.717) is 18.7 Å². The van der Waals surface area contributed by atoms with Crippen molar-refractivity contribution in [1.29, 1.82) is 0 Å². The molecule has 40 heavy (non-hydrogen) atoms. The van der Waals surface area contributed by atoms with Gasteiger partial charge in [-0.3, -0.25) is 4.79 Å². The number of carbonyl (C=O) groups excluding carboxylic acids is 1. The number of rotatable bonds is 18. The predicted octanol–water partition coefficient (Wildman–Crippen LogP) is 7.25. The molecule has 0 aliphatic carbocycles. The molecule has 0 saturated carbocycles. The van der Waals surface area contributed by atoms with Crippen LogP contribution < -0.4 is 10.1 Å². The largest absolute Gasteiger partial charge is 0.508 e. The highest BCUT2D eigenvalue weighted by atomic mass is 32.2. The monoisotopic (exact) mass is 565 g/mol. The number of nitrogens with one attached hydrogen (secondary N) is 1. The van der Waals surface area contributed by atoms with E-state index in [1.54, 1.807) is 12.1 Å². The maximum atomic E-state index is 13.1. The quantitative estimate of drug-likeness (QED) is 0.158. The molecule has 0 spiro atoms. The second-order valence-corrected chi connectivity index (χ2v) is 12.2. The molecule has 1 amide bonds. The van der Waals surface area contributed by atoms with Gasteiger partial charge in [-0.2, -0.15) is 0 Å². The van der Waals surface area contributed by atoms with Crippen molar-refractivity contribution in [3.05, 3.63) is 84.4 Å². The SMILES string of the molecule is CCCCCCCCCCC(Oc1ccc(S(=O)(=O)c2ccc(O)cc2)cc1)C(=O)NCCCc1ccccc1. The van der Waals surface area contributed by atoms with Gasteiger partial charge >= 0.3 is 0 Å². The number of sulfone groups is 1. The second-order valence-electron chi connectivity index (χ2n) is 10.2. The van der Waals surface area contributed by atoms with Crippen LogP contribution >= 0.6 is 0 Å².